The molecule has 2 nitrogen and oxygen atoms in total. The van der Waals surface area contributed by atoms with Crippen molar-refractivity contribution in [3.8, 4) is 0 Å². The van der Waals surface area contributed by atoms with Gasteiger partial charge in [-0.05, 0) is 56.9 Å². The summed E-state index contributed by atoms with van der Waals surface area (Å²) >= 11 is 0. The topological polar surface area (TPSA) is 24.1 Å². The Morgan fingerprint density at radius 1 is 1.24 bits per heavy atom. The molecule has 0 aromatic rings. The second-order valence-corrected chi connectivity index (χ2v) is 6.68. The highest BCUT2D eigenvalue weighted by Gasteiger charge is 2.44. The molecule has 1 aliphatic heterocycles. The van der Waals surface area contributed by atoms with Gasteiger partial charge in [0.2, 0.25) is 0 Å². The average molecular weight is 238 g/mol. The molecule has 2 atom stereocenters. The number of hydrogen-bond acceptors (Lipinski definition) is 2. The SMILES string of the molecule is CC(CC1CCCCN1)NCC1(C(C)C)CC1. The molecule has 100 valence electrons. The zero-order valence-corrected chi connectivity index (χ0v) is 11.9. The number of rotatable bonds is 6. The molecule has 2 heteroatoms. The summed E-state index contributed by atoms with van der Waals surface area (Å²) in [7, 11) is 0. The van der Waals surface area contributed by atoms with Crippen LogP contribution in [0.2, 0.25) is 0 Å². The molecule has 1 heterocycles. The molecule has 1 saturated heterocycles. The summed E-state index contributed by atoms with van der Waals surface area (Å²) in [6.45, 7) is 9.57. The summed E-state index contributed by atoms with van der Waals surface area (Å²) in [4.78, 5) is 0. The maximum Gasteiger partial charge on any atom is 0.00817 e. The van der Waals surface area contributed by atoms with E-state index >= 15 is 0 Å². The lowest BCUT2D eigenvalue weighted by molar-refractivity contribution is 0.297. The van der Waals surface area contributed by atoms with E-state index in [4.69, 9.17) is 0 Å². The van der Waals surface area contributed by atoms with E-state index < -0.39 is 0 Å². The van der Waals surface area contributed by atoms with Gasteiger partial charge in [0.1, 0.15) is 0 Å². The Balaban J connectivity index is 1.65. The van der Waals surface area contributed by atoms with Crippen molar-refractivity contribution in [2.24, 2.45) is 11.3 Å². The van der Waals surface area contributed by atoms with E-state index in [0.717, 1.165) is 12.0 Å². The summed E-state index contributed by atoms with van der Waals surface area (Å²) in [5.41, 5.74) is 0.647. The monoisotopic (exact) mass is 238 g/mol. The highest BCUT2D eigenvalue weighted by molar-refractivity contribution is 4.97. The molecule has 2 rings (SSSR count). The summed E-state index contributed by atoms with van der Waals surface area (Å²) in [6.07, 6.45) is 8.34. The molecule has 0 radical (unpaired) electrons. The molecule has 2 N–H and O–H groups in total. The summed E-state index contributed by atoms with van der Waals surface area (Å²) in [6, 6.07) is 1.43. The average Bonchev–Trinajstić information content (AvgIpc) is 3.09. The van der Waals surface area contributed by atoms with Gasteiger partial charge < -0.3 is 10.6 Å². The molecular weight excluding hydrogens is 208 g/mol. The quantitative estimate of drug-likeness (QED) is 0.743. The summed E-state index contributed by atoms with van der Waals surface area (Å²) in [5.74, 6) is 0.843. The maximum absolute atomic E-state index is 3.77. The molecule has 0 amide bonds. The van der Waals surface area contributed by atoms with Crippen molar-refractivity contribution in [2.75, 3.05) is 13.1 Å². The van der Waals surface area contributed by atoms with E-state index in [1.165, 1.54) is 51.6 Å². The van der Waals surface area contributed by atoms with Crippen molar-refractivity contribution in [3.05, 3.63) is 0 Å². The first-order valence-corrected chi connectivity index (χ1v) is 7.59. The van der Waals surface area contributed by atoms with Crippen molar-refractivity contribution in [1.29, 1.82) is 0 Å². The number of piperidine rings is 1. The van der Waals surface area contributed by atoms with Gasteiger partial charge in [0.15, 0.2) is 0 Å². The predicted octanol–water partition coefficient (Wildman–Crippen LogP) is 2.93. The smallest absolute Gasteiger partial charge is 0.00817 e. The fourth-order valence-electron chi connectivity index (χ4n) is 3.13. The van der Waals surface area contributed by atoms with E-state index in [2.05, 4.69) is 31.4 Å². The van der Waals surface area contributed by atoms with Crippen LogP contribution in [0.1, 0.15) is 59.3 Å². The third kappa shape index (κ3) is 3.69. The van der Waals surface area contributed by atoms with E-state index in [-0.39, 0.29) is 0 Å². The van der Waals surface area contributed by atoms with Crippen LogP contribution in [0.25, 0.3) is 0 Å². The lowest BCUT2D eigenvalue weighted by atomic mass is 9.91. The zero-order valence-electron chi connectivity index (χ0n) is 11.9. The fraction of sp³-hybridized carbons (Fsp3) is 1.00. The van der Waals surface area contributed by atoms with Crippen LogP contribution >= 0.6 is 0 Å². The largest absolute Gasteiger partial charge is 0.314 e. The second-order valence-electron chi connectivity index (χ2n) is 6.68. The molecule has 2 unspecified atom stereocenters. The Labute approximate surface area is 107 Å². The van der Waals surface area contributed by atoms with Gasteiger partial charge in [-0.25, -0.2) is 0 Å². The molecule has 0 aromatic carbocycles. The van der Waals surface area contributed by atoms with E-state index in [0.29, 0.717) is 11.5 Å². The van der Waals surface area contributed by atoms with Crippen molar-refractivity contribution in [3.63, 3.8) is 0 Å². The summed E-state index contributed by atoms with van der Waals surface area (Å²) < 4.78 is 0. The Kier molecular flexibility index (Phi) is 4.48. The van der Waals surface area contributed by atoms with Crippen molar-refractivity contribution in [1.82, 2.24) is 10.6 Å². The van der Waals surface area contributed by atoms with Crippen molar-refractivity contribution < 1.29 is 0 Å². The summed E-state index contributed by atoms with van der Waals surface area (Å²) in [5, 5.41) is 7.42. The maximum atomic E-state index is 3.77. The lowest BCUT2D eigenvalue weighted by Gasteiger charge is -2.28. The van der Waals surface area contributed by atoms with E-state index in [9.17, 15) is 0 Å². The minimum Gasteiger partial charge on any atom is -0.314 e. The molecule has 0 bridgehead atoms. The Hall–Kier alpha value is -0.0800. The van der Waals surface area contributed by atoms with Crippen molar-refractivity contribution >= 4 is 0 Å². The molecule has 0 aromatic heterocycles. The van der Waals surface area contributed by atoms with Gasteiger partial charge in [0, 0.05) is 18.6 Å². The second kappa shape index (κ2) is 5.71. The van der Waals surface area contributed by atoms with Gasteiger partial charge >= 0.3 is 0 Å². The standard InChI is InChI=1S/C15H30N2/c1-12(2)15(7-8-15)11-17-13(3)10-14-6-4-5-9-16-14/h12-14,16-17H,4-11H2,1-3H3. The molecule has 2 fully saturated rings. The van der Waals surface area contributed by atoms with Crippen LogP contribution in [0.4, 0.5) is 0 Å². The van der Waals surface area contributed by atoms with Gasteiger partial charge in [-0.15, -0.1) is 0 Å². The van der Waals surface area contributed by atoms with Crippen LogP contribution in [0.15, 0.2) is 0 Å². The minimum absolute atomic E-state index is 0.647. The van der Waals surface area contributed by atoms with E-state index in [1.54, 1.807) is 0 Å². The Morgan fingerprint density at radius 3 is 2.53 bits per heavy atom. The number of nitrogens with one attached hydrogen (secondary N) is 2. The first kappa shape index (κ1) is 13.4. The van der Waals surface area contributed by atoms with Crippen LogP contribution in [-0.2, 0) is 0 Å². The van der Waals surface area contributed by atoms with Gasteiger partial charge in [0.05, 0.1) is 0 Å². The normalized spacial score (nSPS) is 29.3. The Bertz CT molecular complexity index is 227. The van der Waals surface area contributed by atoms with Gasteiger partial charge in [-0.2, -0.15) is 0 Å². The predicted molar refractivity (Wildman–Crippen MR) is 74.2 cm³/mol. The van der Waals surface area contributed by atoms with Gasteiger partial charge in [0.25, 0.3) is 0 Å². The third-order valence-electron chi connectivity index (χ3n) is 4.97. The lowest BCUT2D eigenvalue weighted by Crippen LogP contribution is -2.41. The molecule has 1 aliphatic carbocycles. The zero-order chi connectivity index (χ0) is 12.3. The Morgan fingerprint density at radius 2 is 2.00 bits per heavy atom. The van der Waals surface area contributed by atoms with Crippen LogP contribution in [0, 0.1) is 11.3 Å². The van der Waals surface area contributed by atoms with E-state index in [1.807, 2.05) is 0 Å². The molecule has 2 aliphatic rings. The highest BCUT2D eigenvalue weighted by atomic mass is 15.0. The molecule has 17 heavy (non-hydrogen) atoms. The van der Waals surface area contributed by atoms with Crippen LogP contribution < -0.4 is 10.6 Å². The van der Waals surface area contributed by atoms with Gasteiger partial charge in [-0.1, -0.05) is 20.3 Å². The van der Waals surface area contributed by atoms with Crippen molar-refractivity contribution in [2.45, 2.75) is 71.4 Å². The fourth-order valence-corrected chi connectivity index (χ4v) is 3.13. The van der Waals surface area contributed by atoms with Gasteiger partial charge in [-0.3, -0.25) is 0 Å². The first-order chi connectivity index (χ1) is 8.12. The number of hydrogen-bond donors (Lipinski definition) is 2. The minimum atomic E-state index is 0.647. The molecular formula is C15H30N2. The molecule has 0 spiro atoms. The van der Waals surface area contributed by atoms with Crippen LogP contribution in [0.5, 0.6) is 0 Å². The van der Waals surface area contributed by atoms with Crippen LogP contribution in [0.3, 0.4) is 0 Å². The first-order valence-electron chi connectivity index (χ1n) is 7.59. The van der Waals surface area contributed by atoms with Crippen LogP contribution in [-0.4, -0.2) is 25.2 Å². The molecule has 1 saturated carbocycles. The highest BCUT2D eigenvalue weighted by Crippen LogP contribution is 2.51. The third-order valence-corrected chi connectivity index (χ3v) is 4.97.